The normalized spacial score (nSPS) is 21.8. The Morgan fingerprint density at radius 1 is 1.30 bits per heavy atom. The number of fused-ring (bicyclic) bond motifs is 1. The monoisotopic (exact) mass is 315 g/mol. The van der Waals surface area contributed by atoms with Gasteiger partial charge < -0.3 is 10.6 Å². The fourth-order valence-electron chi connectivity index (χ4n) is 4.04. The molecule has 6 nitrogen and oxygen atoms in total. The minimum Gasteiger partial charge on any atom is -0.379 e. The number of hydrogen-bond acceptors (Lipinski definition) is 4. The second kappa shape index (κ2) is 5.22. The molecule has 0 bridgehead atoms. The van der Waals surface area contributed by atoms with Gasteiger partial charge in [-0.1, -0.05) is 6.42 Å². The van der Waals surface area contributed by atoms with Crippen molar-refractivity contribution in [3.8, 4) is 0 Å². The van der Waals surface area contributed by atoms with Crippen molar-refractivity contribution in [1.82, 2.24) is 0 Å². The summed E-state index contributed by atoms with van der Waals surface area (Å²) >= 11 is 0. The predicted octanol–water partition coefficient (Wildman–Crippen LogP) is 3.47. The van der Waals surface area contributed by atoms with Crippen LogP contribution in [0.1, 0.15) is 44.1 Å². The molecule has 1 amide bonds. The molecular weight excluding hydrogens is 294 g/mol. The highest BCUT2D eigenvalue weighted by molar-refractivity contribution is 5.95. The summed E-state index contributed by atoms with van der Waals surface area (Å²) in [7, 11) is 0. The average molecular weight is 315 g/mol. The highest BCUT2D eigenvalue weighted by Crippen LogP contribution is 2.57. The molecule has 0 saturated heterocycles. The third-order valence-electron chi connectivity index (χ3n) is 5.74. The number of aryl methyl sites for hydroxylation is 1. The Morgan fingerprint density at radius 3 is 2.70 bits per heavy atom. The van der Waals surface area contributed by atoms with Crippen molar-refractivity contribution in [3.05, 3.63) is 27.8 Å². The molecule has 4 rings (SSSR count). The molecule has 2 N–H and O–H groups in total. The number of amides is 1. The highest BCUT2D eigenvalue weighted by Gasteiger charge is 2.48. The quantitative estimate of drug-likeness (QED) is 0.643. The number of nitrogens with one attached hydrogen (secondary N) is 2. The van der Waals surface area contributed by atoms with Crippen LogP contribution >= 0.6 is 0 Å². The van der Waals surface area contributed by atoms with E-state index >= 15 is 0 Å². The first-order chi connectivity index (χ1) is 11.1. The lowest BCUT2D eigenvalue weighted by atomic mass is 9.65. The summed E-state index contributed by atoms with van der Waals surface area (Å²) in [5.41, 5.74) is 2.55. The van der Waals surface area contributed by atoms with Crippen molar-refractivity contribution in [1.29, 1.82) is 0 Å². The van der Waals surface area contributed by atoms with E-state index in [0.717, 1.165) is 18.0 Å². The molecule has 0 unspecified atom stereocenters. The molecule has 122 valence electrons. The Kier molecular flexibility index (Phi) is 3.28. The number of anilines is 2. The minimum atomic E-state index is -0.330. The lowest BCUT2D eigenvalue weighted by Gasteiger charge is -2.43. The molecule has 0 aromatic heterocycles. The molecule has 3 aliphatic rings. The average Bonchev–Trinajstić information content (AvgIpc) is 3.30. The van der Waals surface area contributed by atoms with Crippen LogP contribution in [-0.4, -0.2) is 17.4 Å². The third-order valence-corrected chi connectivity index (χ3v) is 5.74. The van der Waals surface area contributed by atoms with Crippen molar-refractivity contribution < 1.29 is 9.72 Å². The molecule has 1 aliphatic heterocycles. The van der Waals surface area contributed by atoms with E-state index < -0.39 is 0 Å². The molecule has 1 heterocycles. The van der Waals surface area contributed by atoms with Gasteiger partial charge in [-0.25, -0.2) is 0 Å². The van der Waals surface area contributed by atoms with Crippen molar-refractivity contribution >= 4 is 23.0 Å². The molecule has 2 fully saturated rings. The summed E-state index contributed by atoms with van der Waals surface area (Å²) in [6.45, 7) is 0.797. The zero-order chi connectivity index (χ0) is 16.0. The second-order valence-electron chi connectivity index (χ2n) is 7.18. The number of benzene rings is 1. The van der Waals surface area contributed by atoms with E-state index in [4.69, 9.17) is 0 Å². The van der Waals surface area contributed by atoms with Crippen molar-refractivity contribution in [2.45, 2.75) is 44.9 Å². The van der Waals surface area contributed by atoms with Crippen molar-refractivity contribution in [2.75, 3.05) is 17.2 Å². The number of hydrogen-bond donors (Lipinski definition) is 2. The summed E-state index contributed by atoms with van der Waals surface area (Å²) in [5.74, 6) is 0.769. The summed E-state index contributed by atoms with van der Waals surface area (Å²) in [6, 6.07) is 3.35. The van der Waals surface area contributed by atoms with Crippen LogP contribution in [0.3, 0.4) is 0 Å². The van der Waals surface area contributed by atoms with Crippen LogP contribution in [-0.2, 0) is 11.2 Å². The van der Waals surface area contributed by atoms with Gasteiger partial charge in [0.2, 0.25) is 5.91 Å². The maximum atomic E-state index is 11.6. The molecule has 1 aromatic carbocycles. The van der Waals surface area contributed by atoms with Gasteiger partial charge in [-0.3, -0.25) is 14.9 Å². The first kappa shape index (κ1) is 14.5. The van der Waals surface area contributed by atoms with Gasteiger partial charge in [0.05, 0.1) is 4.92 Å². The number of nitro groups is 1. The van der Waals surface area contributed by atoms with E-state index in [1.807, 2.05) is 0 Å². The number of nitro benzene ring substituents is 1. The Labute approximate surface area is 134 Å². The predicted molar refractivity (Wildman–Crippen MR) is 87.5 cm³/mol. The zero-order valence-corrected chi connectivity index (χ0v) is 13.1. The van der Waals surface area contributed by atoms with Gasteiger partial charge in [0.1, 0.15) is 5.69 Å². The van der Waals surface area contributed by atoms with Gasteiger partial charge in [-0.2, -0.15) is 0 Å². The lowest BCUT2D eigenvalue weighted by Crippen LogP contribution is -2.38. The van der Waals surface area contributed by atoms with Crippen LogP contribution in [0.5, 0.6) is 0 Å². The Hall–Kier alpha value is -2.11. The molecule has 0 spiro atoms. The SMILES string of the molecule is O=C1CCc2cc([N+](=O)[O-])c(NCC3(C4CC4)CCC3)cc2N1. The number of rotatable bonds is 5. The Bertz CT molecular complexity index is 678. The van der Waals surface area contributed by atoms with E-state index in [9.17, 15) is 14.9 Å². The van der Waals surface area contributed by atoms with Crippen LogP contribution in [0.15, 0.2) is 12.1 Å². The van der Waals surface area contributed by atoms with Crippen LogP contribution < -0.4 is 10.6 Å². The van der Waals surface area contributed by atoms with E-state index in [0.29, 0.717) is 29.6 Å². The minimum absolute atomic E-state index is 0.0225. The molecule has 23 heavy (non-hydrogen) atoms. The van der Waals surface area contributed by atoms with E-state index in [2.05, 4.69) is 10.6 Å². The molecule has 1 aromatic rings. The summed E-state index contributed by atoms with van der Waals surface area (Å²) < 4.78 is 0. The Balaban J connectivity index is 1.60. The molecule has 2 aliphatic carbocycles. The van der Waals surface area contributed by atoms with Gasteiger partial charge in [0.15, 0.2) is 0 Å². The fraction of sp³-hybridized carbons (Fsp3) is 0.588. The van der Waals surface area contributed by atoms with Gasteiger partial charge >= 0.3 is 0 Å². The summed E-state index contributed by atoms with van der Waals surface area (Å²) in [5, 5.41) is 17.6. The number of carbonyl (C=O) groups is 1. The van der Waals surface area contributed by atoms with Gasteiger partial charge in [-0.05, 0) is 55.1 Å². The molecular formula is C17H21N3O3. The van der Waals surface area contributed by atoms with Gasteiger partial charge in [0, 0.05) is 24.7 Å². The molecule has 6 heteroatoms. The lowest BCUT2D eigenvalue weighted by molar-refractivity contribution is -0.384. The maximum absolute atomic E-state index is 11.6. The van der Waals surface area contributed by atoms with Gasteiger partial charge in [-0.15, -0.1) is 0 Å². The van der Waals surface area contributed by atoms with Crippen LogP contribution in [0.4, 0.5) is 17.1 Å². The first-order valence-corrected chi connectivity index (χ1v) is 8.42. The third kappa shape index (κ3) is 2.56. The first-order valence-electron chi connectivity index (χ1n) is 8.42. The second-order valence-corrected chi connectivity index (χ2v) is 7.18. The van der Waals surface area contributed by atoms with Gasteiger partial charge in [0.25, 0.3) is 5.69 Å². The number of carbonyl (C=O) groups excluding carboxylic acids is 1. The molecule has 0 atom stereocenters. The Morgan fingerprint density at radius 2 is 2.09 bits per heavy atom. The van der Waals surface area contributed by atoms with Crippen LogP contribution in [0.25, 0.3) is 0 Å². The van der Waals surface area contributed by atoms with Crippen molar-refractivity contribution in [3.63, 3.8) is 0 Å². The smallest absolute Gasteiger partial charge is 0.292 e. The van der Waals surface area contributed by atoms with E-state index in [1.54, 1.807) is 12.1 Å². The standard InChI is InChI=1S/C17H21N3O3/c21-16-5-2-11-8-15(20(22)23)14(9-13(11)19-16)18-10-17(6-1-7-17)12-3-4-12/h8-9,12,18H,1-7,10H2,(H,19,21). The molecule has 2 saturated carbocycles. The van der Waals surface area contributed by atoms with E-state index in [1.165, 1.54) is 32.1 Å². The maximum Gasteiger partial charge on any atom is 0.292 e. The van der Waals surface area contributed by atoms with Crippen molar-refractivity contribution in [2.24, 2.45) is 11.3 Å². The topological polar surface area (TPSA) is 84.3 Å². The number of nitrogens with zero attached hydrogens (tertiary/aromatic N) is 1. The summed E-state index contributed by atoms with van der Waals surface area (Å²) in [4.78, 5) is 22.6. The fourth-order valence-corrected chi connectivity index (χ4v) is 4.04. The zero-order valence-electron chi connectivity index (χ0n) is 13.1. The van der Waals surface area contributed by atoms with E-state index in [-0.39, 0.29) is 16.5 Å². The summed E-state index contributed by atoms with van der Waals surface area (Å²) in [6.07, 6.45) is 7.25. The van der Waals surface area contributed by atoms with Crippen LogP contribution in [0, 0.1) is 21.4 Å². The largest absolute Gasteiger partial charge is 0.379 e. The van der Waals surface area contributed by atoms with Crippen LogP contribution in [0.2, 0.25) is 0 Å². The highest BCUT2D eigenvalue weighted by atomic mass is 16.6. The molecule has 0 radical (unpaired) electrons.